The van der Waals surface area contributed by atoms with Crippen molar-refractivity contribution in [3.05, 3.63) is 0 Å². The van der Waals surface area contributed by atoms with Gasteiger partial charge in [-0.15, -0.1) is 0 Å². The summed E-state index contributed by atoms with van der Waals surface area (Å²) in [6.07, 6.45) is 7.97. The number of nitrogens with zero attached hydrogens (tertiary/aromatic N) is 1. The van der Waals surface area contributed by atoms with Crippen LogP contribution >= 0.6 is 0 Å². The number of rotatable bonds is 4. The van der Waals surface area contributed by atoms with Gasteiger partial charge in [0, 0.05) is 26.1 Å². The average Bonchev–Trinajstić information content (AvgIpc) is 2.83. The molecular formula is C16H30N2O2. The third-order valence-corrected chi connectivity index (χ3v) is 5.28. The fourth-order valence-corrected chi connectivity index (χ4v) is 3.71. The molecule has 0 aromatic rings. The van der Waals surface area contributed by atoms with Crippen LogP contribution < -0.4 is 5.32 Å². The van der Waals surface area contributed by atoms with E-state index >= 15 is 0 Å². The van der Waals surface area contributed by atoms with Crippen LogP contribution in [0.15, 0.2) is 0 Å². The molecule has 116 valence electrons. The van der Waals surface area contributed by atoms with Crippen molar-refractivity contribution in [3.63, 3.8) is 0 Å². The Morgan fingerprint density at radius 2 is 1.85 bits per heavy atom. The van der Waals surface area contributed by atoms with Crippen molar-refractivity contribution in [1.82, 2.24) is 10.2 Å². The lowest BCUT2D eigenvalue weighted by Gasteiger charge is -2.30. The molecule has 0 heterocycles. The van der Waals surface area contributed by atoms with E-state index in [1.165, 1.54) is 25.7 Å². The lowest BCUT2D eigenvalue weighted by molar-refractivity contribution is 0.113. The third kappa shape index (κ3) is 4.11. The fraction of sp³-hybridized carbons (Fsp3) is 0.938. The van der Waals surface area contributed by atoms with E-state index in [9.17, 15) is 9.90 Å². The van der Waals surface area contributed by atoms with Gasteiger partial charge in [-0.25, -0.2) is 4.79 Å². The molecule has 2 N–H and O–H groups in total. The highest BCUT2D eigenvalue weighted by Crippen LogP contribution is 2.29. The summed E-state index contributed by atoms with van der Waals surface area (Å²) in [4.78, 5) is 13.9. The lowest BCUT2D eigenvalue weighted by Crippen LogP contribution is -2.43. The van der Waals surface area contributed by atoms with Crippen molar-refractivity contribution >= 4 is 6.03 Å². The average molecular weight is 282 g/mol. The van der Waals surface area contributed by atoms with Crippen molar-refractivity contribution in [2.24, 2.45) is 17.8 Å². The highest BCUT2D eigenvalue weighted by Gasteiger charge is 2.28. The number of hydrogen-bond acceptors (Lipinski definition) is 2. The maximum atomic E-state index is 12.1. The van der Waals surface area contributed by atoms with Crippen LogP contribution in [0.1, 0.15) is 51.9 Å². The van der Waals surface area contributed by atoms with Crippen LogP contribution in [0.2, 0.25) is 0 Å². The van der Waals surface area contributed by atoms with Crippen LogP contribution in [0.5, 0.6) is 0 Å². The van der Waals surface area contributed by atoms with Crippen molar-refractivity contribution in [2.45, 2.75) is 58.0 Å². The van der Waals surface area contributed by atoms with Gasteiger partial charge in [0.1, 0.15) is 0 Å². The quantitative estimate of drug-likeness (QED) is 0.833. The molecule has 2 aliphatic carbocycles. The summed E-state index contributed by atoms with van der Waals surface area (Å²) < 4.78 is 0. The molecule has 2 saturated carbocycles. The molecule has 4 atom stereocenters. The first-order chi connectivity index (χ1) is 9.58. The molecule has 2 aliphatic rings. The van der Waals surface area contributed by atoms with E-state index in [1.807, 2.05) is 7.05 Å². The number of aliphatic hydroxyl groups is 1. The van der Waals surface area contributed by atoms with Gasteiger partial charge in [-0.1, -0.05) is 32.6 Å². The lowest BCUT2D eigenvalue weighted by atomic mass is 9.80. The van der Waals surface area contributed by atoms with E-state index in [2.05, 4.69) is 12.2 Å². The van der Waals surface area contributed by atoms with Gasteiger partial charge in [-0.2, -0.15) is 0 Å². The predicted octanol–water partition coefficient (Wildman–Crippen LogP) is 2.62. The third-order valence-electron chi connectivity index (χ3n) is 5.28. The van der Waals surface area contributed by atoms with Gasteiger partial charge in [0.15, 0.2) is 0 Å². The summed E-state index contributed by atoms with van der Waals surface area (Å²) in [6, 6.07) is 0.0156. The van der Waals surface area contributed by atoms with E-state index in [-0.39, 0.29) is 18.1 Å². The Labute approximate surface area is 122 Å². The zero-order chi connectivity index (χ0) is 14.5. The first-order valence-corrected chi connectivity index (χ1v) is 8.25. The van der Waals surface area contributed by atoms with Gasteiger partial charge in [0.05, 0.1) is 6.10 Å². The largest absolute Gasteiger partial charge is 0.393 e. The van der Waals surface area contributed by atoms with Crippen LogP contribution in [-0.2, 0) is 0 Å². The van der Waals surface area contributed by atoms with Gasteiger partial charge in [-0.3, -0.25) is 0 Å². The van der Waals surface area contributed by atoms with Crippen LogP contribution in [0, 0.1) is 17.8 Å². The van der Waals surface area contributed by atoms with Crippen LogP contribution in [0.3, 0.4) is 0 Å². The Hall–Kier alpha value is -0.770. The summed E-state index contributed by atoms with van der Waals surface area (Å²) in [5.74, 6) is 1.63. The zero-order valence-corrected chi connectivity index (χ0v) is 13.0. The Morgan fingerprint density at radius 1 is 1.15 bits per heavy atom. The van der Waals surface area contributed by atoms with Gasteiger partial charge in [0.25, 0.3) is 0 Å². The maximum Gasteiger partial charge on any atom is 0.317 e. The summed E-state index contributed by atoms with van der Waals surface area (Å²) in [6.45, 7) is 3.78. The zero-order valence-electron chi connectivity index (χ0n) is 13.0. The first kappa shape index (κ1) is 15.6. The summed E-state index contributed by atoms with van der Waals surface area (Å²) >= 11 is 0. The summed E-state index contributed by atoms with van der Waals surface area (Å²) in [5, 5.41) is 12.9. The first-order valence-electron chi connectivity index (χ1n) is 8.25. The van der Waals surface area contributed by atoms with Crippen LogP contribution in [0.4, 0.5) is 4.79 Å². The highest BCUT2D eigenvalue weighted by atomic mass is 16.3. The van der Waals surface area contributed by atoms with Gasteiger partial charge in [0.2, 0.25) is 0 Å². The second-order valence-electron chi connectivity index (χ2n) is 6.85. The Kier molecular flexibility index (Phi) is 5.70. The molecule has 0 spiro atoms. The minimum Gasteiger partial charge on any atom is -0.393 e. The topological polar surface area (TPSA) is 52.6 Å². The van der Waals surface area contributed by atoms with Crippen molar-refractivity contribution in [3.8, 4) is 0 Å². The maximum absolute atomic E-state index is 12.1. The van der Waals surface area contributed by atoms with E-state index in [0.29, 0.717) is 12.5 Å². The number of amides is 2. The van der Waals surface area contributed by atoms with Crippen LogP contribution in [0.25, 0.3) is 0 Å². The van der Waals surface area contributed by atoms with E-state index < -0.39 is 0 Å². The molecule has 0 aliphatic heterocycles. The number of nitrogens with one attached hydrogen (secondary N) is 1. The minimum atomic E-state index is -0.219. The standard InChI is InChI=1S/C16H30N2O2/c1-12-6-3-4-7-13(12)10-17-16(20)18(2)11-14-8-5-9-15(14)19/h12-15,19H,3-11H2,1-2H3,(H,17,20). The van der Waals surface area contributed by atoms with Gasteiger partial charge < -0.3 is 15.3 Å². The molecule has 4 heteroatoms. The number of hydrogen-bond donors (Lipinski definition) is 2. The highest BCUT2D eigenvalue weighted by molar-refractivity contribution is 5.73. The number of aliphatic hydroxyl groups excluding tert-OH is 1. The molecule has 0 saturated heterocycles. The number of carbonyl (C=O) groups excluding carboxylic acids is 1. The van der Waals surface area contributed by atoms with Crippen molar-refractivity contribution < 1.29 is 9.90 Å². The number of carbonyl (C=O) groups is 1. The Balaban J connectivity index is 1.70. The fourth-order valence-electron chi connectivity index (χ4n) is 3.71. The molecule has 4 nitrogen and oxygen atoms in total. The summed E-state index contributed by atoms with van der Waals surface area (Å²) in [5.41, 5.74) is 0. The number of urea groups is 1. The smallest absolute Gasteiger partial charge is 0.317 e. The monoisotopic (exact) mass is 282 g/mol. The minimum absolute atomic E-state index is 0.0156. The van der Waals surface area contributed by atoms with E-state index in [1.54, 1.807) is 4.90 Å². The van der Waals surface area contributed by atoms with E-state index in [0.717, 1.165) is 31.7 Å². The molecule has 20 heavy (non-hydrogen) atoms. The molecule has 2 rings (SSSR count). The van der Waals surface area contributed by atoms with Crippen molar-refractivity contribution in [1.29, 1.82) is 0 Å². The molecule has 2 fully saturated rings. The molecule has 0 aromatic heterocycles. The van der Waals surface area contributed by atoms with Crippen molar-refractivity contribution in [2.75, 3.05) is 20.1 Å². The Morgan fingerprint density at radius 3 is 2.50 bits per heavy atom. The normalized spacial score (nSPS) is 34.0. The van der Waals surface area contributed by atoms with Crippen LogP contribution in [-0.4, -0.2) is 42.3 Å². The SMILES string of the molecule is CC1CCCCC1CNC(=O)N(C)CC1CCCC1O. The molecule has 0 aromatic carbocycles. The summed E-state index contributed by atoms with van der Waals surface area (Å²) in [7, 11) is 1.84. The van der Waals surface area contributed by atoms with Gasteiger partial charge in [-0.05, 0) is 31.1 Å². The second kappa shape index (κ2) is 7.30. The Bertz CT molecular complexity index is 322. The molecule has 0 bridgehead atoms. The molecule has 4 unspecified atom stereocenters. The second-order valence-corrected chi connectivity index (χ2v) is 6.85. The van der Waals surface area contributed by atoms with E-state index in [4.69, 9.17) is 0 Å². The molecule has 2 amide bonds. The molecular weight excluding hydrogens is 252 g/mol. The predicted molar refractivity (Wildman–Crippen MR) is 80.5 cm³/mol. The van der Waals surface area contributed by atoms with Gasteiger partial charge >= 0.3 is 6.03 Å². The molecule has 0 radical (unpaired) electrons.